The van der Waals surface area contributed by atoms with Gasteiger partial charge in [-0.2, -0.15) is 8.42 Å². The second-order valence-electron chi connectivity index (χ2n) is 3.43. The van der Waals surface area contributed by atoms with Gasteiger partial charge in [0.15, 0.2) is 13.6 Å². The fraction of sp³-hybridized carbons (Fsp3) is 0.400. The Hall–Kier alpha value is -0.990. The standard InChI is InChI=1S/C10H12O6S/c1-8-2-4-9(5-3-8)17(11,12)16-10-14-6-13-7-15-10/h2-5,10H,6-7H2,1H3. The van der Waals surface area contributed by atoms with E-state index in [4.69, 9.17) is 18.4 Å². The number of benzene rings is 1. The molecule has 1 aliphatic heterocycles. The van der Waals surface area contributed by atoms with Gasteiger partial charge in [0.05, 0.1) is 4.90 Å². The van der Waals surface area contributed by atoms with Gasteiger partial charge in [-0.1, -0.05) is 17.7 Å². The minimum Gasteiger partial charge on any atom is -0.329 e. The van der Waals surface area contributed by atoms with Gasteiger partial charge in [0.2, 0.25) is 0 Å². The summed E-state index contributed by atoms with van der Waals surface area (Å²) in [5.41, 5.74) is 0.961. The third-order valence-corrected chi connectivity index (χ3v) is 3.35. The Bertz CT molecular complexity index is 460. The molecule has 0 unspecified atom stereocenters. The molecule has 0 saturated carbocycles. The first-order valence-electron chi connectivity index (χ1n) is 4.89. The molecule has 94 valence electrons. The van der Waals surface area contributed by atoms with Crippen LogP contribution >= 0.6 is 0 Å². The lowest BCUT2D eigenvalue weighted by atomic mass is 10.2. The smallest absolute Gasteiger partial charge is 0.301 e. The molecule has 6 nitrogen and oxygen atoms in total. The van der Waals surface area contributed by atoms with E-state index in [0.29, 0.717) is 0 Å². The molecule has 0 bridgehead atoms. The average Bonchev–Trinajstić information content (AvgIpc) is 2.30. The largest absolute Gasteiger partial charge is 0.329 e. The zero-order chi connectivity index (χ0) is 12.3. The molecule has 0 radical (unpaired) electrons. The maximum atomic E-state index is 11.8. The average molecular weight is 260 g/mol. The summed E-state index contributed by atoms with van der Waals surface area (Å²) in [5, 5.41) is 0. The van der Waals surface area contributed by atoms with Gasteiger partial charge in [-0.15, -0.1) is 0 Å². The molecule has 17 heavy (non-hydrogen) atoms. The van der Waals surface area contributed by atoms with Crippen molar-refractivity contribution in [1.29, 1.82) is 0 Å². The second kappa shape index (κ2) is 5.11. The van der Waals surface area contributed by atoms with Gasteiger partial charge in [-0.3, -0.25) is 0 Å². The SMILES string of the molecule is Cc1ccc(S(=O)(=O)OC2OCOCO2)cc1. The van der Waals surface area contributed by atoms with Crippen molar-refractivity contribution in [3.8, 4) is 0 Å². The molecule has 0 spiro atoms. The molecule has 0 aromatic heterocycles. The second-order valence-corrected chi connectivity index (χ2v) is 5.00. The predicted molar refractivity (Wildman–Crippen MR) is 56.2 cm³/mol. The molecule has 2 rings (SSSR count). The first-order chi connectivity index (χ1) is 8.08. The molecule has 1 aromatic rings. The number of hydrogen-bond acceptors (Lipinski definition) is 6. The van der Waals surface area contributed by atoms with Crippen molar-refractivity contribution in [3.05, 3.63) is 29.8 Å². The van der Waals surface area contributed by atoms with E-state index in [2.05, 4.69) is 0 Å². The third kappa shape index (κ3) is 3.24. The molecule has 0 amide bonds. The van der Waals surface area contributed by atoms with Gasteiger partial charge >= 0.3 is 10.1 Å². The quantitative estimate of drug-likeness (QED) is 0.754. The van der Waals surface area contributed by atoms with Crippen LogP contribution in [0.3, 0.4) is 0 Å². The summed E-state index contributed by atoms with van der Waals surface area (Å²) < 4.78 is 42.7. The van der Waals surface area contributed by atoms with E-state index in [9.17, 15) is 8.42 Å². The summed E-state index contributed by atoms with van der Waals surface area (Å²) in [6.45, 7) is 0.486. The maximum Gasteiger partial charge on any atom is 0.301 e. The van der Waals surface area contributed by atoms with Crippen molar-refractivity contribution in [2.75, 3.05) is 13.6 Å². The minimum atomic E-state index is -3.88. The van der Waals surface area contributed by atoms with E-state index in [1.54, 1.807) is 12.1 Å². The summed E-state index contributed by atoms with van der Waals surface area (Å²) in [6.07, 6.45) is 0. The summed E-state index contributed by atoms with van der Waals surface area (Å²) in [4.78, 5) is 0.0572. The predicted octanol–water partition coefficient (Wildman–Crippen LogP) is 0.962. The van der Waals surface area contributed by atoms with Gasteiger partial charge in [0.1, 0.15) is 0 Å². The zero-order valence-corrected chi connectivity index (χ0v) is 9.98. The first kappa shape index (κ1) is 12.5. The Morgan fingerprint density at radius 3 is 2.35 bits per heavy atom. The lowest BCUT2D eigenvalue weighted by Gasteiger charge is -2.22. The molecule has 0 N–H and O–H groups in total. The van der Waals surface area contributed by atoms with Crippen LogP contribution in [-0.4, -0.2) is 28.5 Å². The van der Waals surface area contributed by atoms with Gasteiger partial charge in [0.25, 0.3) is 6.48 Å². The van der Waals surface area contributed by atoms with Crippen LogP contribution in [0.5, 0.6) is 0 Å². The Balaban J connectivity index is 2.10. The first-order valence-corrected chi connectivity index (χ1v) is 6.30. The summed E-state index contributed by atoms with van der Waals surface area (Å²) in [6, 6.07) is 6.29. The molecule has 1 fully saturated rings. The maximum absolute atomic E-state index is 11.8. The lowest BCUT2D eigenvalue weighted by molar-refractivity contribution is -0.357. The topological polar surface area (TPSA) is 71.1 Å². The fourth-order valence-electron chi connectivity index (χ4n) is 1.21. The fourth-order valence-corrected chi connectivity index (χ4v) is 2.11. The normalized spacial score (nSPS) is 18.2. The van der Waals surface area contributed by atoms with Crippen molar-refractivity contribution in [2.24, 2.45) is 0 Å². The molecule has 0 atom stereocenters. The van der Waals surface area contributed by atoms with Crippen molar-refractivity contribution in [3.63, 3.8) is 0 Å². The van der Waals surface area contributed by atoms with Gasteiger partial charge < -0.3 is 14.2 Å². The minimum absolute atomic E-state index is 0.0572. The van der Waals surface area contributed by atoms with E-state index >= 15 is 0 Å². The van der Waals surface area contributed by atoms with Crippen molar-refractivity contribution >= 4 is 10.1 Å². The highest BCUT2D eigenvalue weighted by atomic mass is 32.2. The highest BCUT2D eigenvalue weighted by Gasteiger charge is 2.25. The summed E-state index contributed by atoms with van der Waals surface area (Å²) in [7, 11) is -3.88. The van der Waals surface area contributed by atoms with Crippen LogP contribution in [0.1, 0.15) is 5.56 Å². The zero-order valence-electron chi connectivity index (χ0n) is 9.16. The lowest BCUT2D eigenvalue weighted by Crippen LogP contribution is -2.31. The van der Waals surface area contributed by atoms with Crippen LogP contribution in [0.15, 0.2) is 29.2 Å². The van der Waals surface area contributed by atoms with Crippen molar-refractivity contribution < 1.29 is 26.8 Å². The molecule has 1 heterocycles. The van der Waals surface area contributed by atoms with E-state index < -0.39 is 16.6 Å². The Labute approximate surface area is 99.2 Å². The van der Waals surface area contributed by atoms with E-state index in [1.165, 1.54) is 12.1 Å². The van der Waals surface area contributed by atoms with Crippen LogP contribution in [0.25, 0.3) is 0 Å². The molecular weight excluding hydrogens is 248 g/mol. The number of hydrogen-bond donors (Lipinski definition) is 0. The Morgan fingerprint density at radius 1 is 1.18 bits per heavy atom. The summed E-state index contributed by atoms with van der Waals surface area (Å²) in [5.74, 6) is 0. The number of ether oxygens (including phenoxy) is 3. The summed E-state index contributed by atoms with van der Waals surface area (Å²) >= 11 is 0. The molecular formula is C10H12O6S. The number of aryl methyl sites for hydroxylation is 1. The molecule has 1 aliphatic rings. The Kier molecular flexibility index (Phi) is 3.75. The van der Waals surface area contributed by atoms with Crippen LogP contribution in [0, 0.1) is 6.92 Å². The number of rotatable bonds is 3. The highest BCUT2D eigenvalue weighted by molar-refractivity contribution is 7.86. The van der Waals surface area contributed by atoms with Crippen molar-refractivity contribution in [2.45, 2.75) is 18.3 Å². The molecule has 7 heteroatoms. The van der Waals surface area contributed by atoms with Crippen LogP contribution < -0.4 is 0 Å². The van der Waals surface area contributed by atoms with E-state index in [0.717, 1.165) is 5.56 Å². The van der Waals surface area contributed by atoms with E-state index in [1.807, 2.05) is 6.92 Å². The van der Waals surface area contributed by atoms with Crippen LogP contribution in [-0.2, 0) is 28.5 Å². The Morgan fingerprint density at radius 2 is 1.76 bits per heavy atom. The molecule has 0 aliphatic carbocycles. The highest BCUT2D eigenvalue weighted by Crippen LogP contribution is 2.17. The van der Waals surface area contributed by atoms with Crippen LogP contribution in [0.2, 0.25) is 0 Å². The van der Waals surface area contributed by atoms with Gasteiger partial charge in [-0.25, -0.2) is 4.18 Å². The molecule has 1 saturated heterocycles. The van der Waals surface area contributed by atoms with E-state index in [-0.39, 0.29) is 18.5 Å². The molecule has 1 aromatic carbocycles. The van der Waals surface area contributed by atoms with Gasteiger partial charge in [0, 0.05) is 0 Å². The van der Waals surface area contributed by atoms with Crippen molar-refractivity contribution in [1.82, 2.24) is 0 Å². The third-order valence-electron chi connectivity index (χ3n) is 2.09. The monoisotopic (exact) mass is 260 g/mol. The van der Waals surface area contributed by atoms with Gasteiger partial charge in [-0.05, 0) is 19.1 Å². The van der Waals surface area contributed by atoms with Crippen LogP contribution in [0.4, 0.5) is 0 Å².